The van der Waals surface area contributed by atoms with E-state index in [0.29, 0.717) is 6.54 Å². The van der Waals surface area contributed by atoms with Crippen molar-refractivity contribution in [1.82, 2.24) is 0 Å². The van der Waals surface area contributed by atoms with Gasteiger partial charge in [-0.2, -0.15) is 0 Å². The Kier molecular flexibility index (Phi) is 5.06. The van der Waals surface area contributed by atoms with Crippen LogP contribution in [0.1, 0.15) is 12.0 Å². The molecule has 24 heavy (non-hydrogen) atoms. The van der Waals surface area contributed by atoms with E-state index in [1.807, 2.05) is 49.4 Å². The lowest BCUT2D eigenvalue weighted by Crippen LogP contribution is -2.28. The summed E-state index contributed by atoms with van der Waals surface area (Å²) >= 11 is 6.82. The van der Waals surface area contributed by atoms with E-state index in [4.69, 9.17) is 0 Å². The minimum Gasteiger partial charge on any atom is -0.326 e. The molecule has 1 heterocycles. The second kappa shape index (κ2) is 7.07. The summed E-state index contributed by atoms with van der Waals surface area (Å²) in [6, 6.07) is 13.2. The second-order valence-electron chi connectivity index (χ2n) is 5.84. The molecular formula is C18H16Br2N2O2. The number of nitrogens with one attached hydrogen (secondary N) is 1. The molecule has 4 nitrogen and oxygen atoms in total. The van der Waals surface area contributed by atoms with E-state index in [1.165, 1.54) is 0 Å². The smallest absolute Gasteiger partial charge is 0.229 e. The normalized spacial score (nSPS) is 17.2. The number of amides is 2. The summed E-state index contributed by atoms with van der Waals surface area (Å²) in [5.74, 6) is -0.487. The highest BCUT2D eigenvalue weighted by molar-refractivity contribution is 9.10. The van der Waals surface area contributed by atoms with Crippen molar-refractivity contribution in [2.24, 2.45) is 5.92 Å². The van der Waals surface area contributed by atoms with Crippen molar-refractivity contribution in [3.63, 3.8) is 0 Å². The van der Waals surface area contributed by atoms with Gasteiger partial charge in [-0.25, -0.2) is 0 Å². The number of carbonyl (C=O) groups excluding carboxylic acids is 2. The number of rotatable bonds is 3. The second-order valence-corrected chi connectivity index (χ2v) is 7.61. The molecule has 0 spiro atoms. The molecule has 1 N–H and O–H groups in total. The topological polar surface area (TPSA) is 49.4 Å². The first-order chi connectivity index (χ1) is 11.4. The molecule has 0 aliphatic carbocycles. The van der Waals surface area contributed by atoms with Crippen LogP contribution < -0.4 is 10.2 Å². The van der Waals surface area contributed by atoms with Gasteiger partial charge in [0, 0.05) is 33.3 Å². The van der Waals surface area contributed by atoms with Crippen LogP contribution in [-0.2, 0) is 9.59 Å². The standard InChI is InChI=1S/C18H16Br2N2O2/c1-11-8-14(4-7-16(11)20)21-18(24)12-9-17(23)22(10-12)15-5-2-13(19)3-6-15/h2-8,12H,9-10H2,1H3,(H,21,24)/t12-/m0/s1. The number of hydrogen-bond donors (Lipinski definition) is 1. The van der Waals surface area contributed by atoms with Crippen molar-refractivity contribution in [1.29, 1.82) is 0 Å². The molecule has 0 saturated carbocycles. The third kappa shape index (κ3) is 3.70. The number of nitrogens with zero attached hydrogens (tertiary/aromatic N) is 1. The van der Waals surface area contributed by atoms with Crippen molar-refractivity contribution in [2.75, 3.05) is 16.8 Å². The van der Waals surface area contributed by atoms with Crippen molar-refractivity contribution in [2.45, 2.75) is 13.3 Å². The Morgan fingerprint density at radius 3 is 2.54 bits per heavy atom. The van der Waals surface area contributed by atoms with Gasteiger partial charge in [0.2, 0.25) is 11.8 Å². The first-order valence-electron chi connectivity index (χ1n) is 7.57. The van der Waals surface area contributed by atoms with Crippen LogP contribution in [0, 0.1) is 12.8 Å². The van der Waals surface area contributed by atoms with Crippen LogP contribution in [0.3, 0.4) is 0 Å². The molecule has 6 heteroatoms. The quantitative estimate of drug-likeness (QED) is 0.746. The largest absolute Gasteiger partial charge is 0.326 e. The van der Waals surface area contributed by atoms with Gasteiger partial charge in [-0.3, -0.25) is 9.59 Å². The lowest BCUT2D eigenvalue weighted by atomic mass is 10.1. The van der Waals surface area contributed by atoms with Crippen LogP contribution in [0.4, 0.5) is 11.4 Å². The summed E-state index contributed by atoms with van der Waals surface area (Å²) in [7, 11) is 0. The van der Waals surface area contributed by atoms with Crippen molar-refractivity contribution >= 4 is 55.0 Å². The maximum absolute atomic E-state index is 12.5. The number of anilines is 2. The highest BCUT2D eigenvalue weighted by Crippen LogP contribution is 2.27. The Morgan fingerprint density at radius 2 is 1.88 bits per heavy atom. The molecule has 2 aromatic rings. The van der Waals surface area contributed by atoms with E-state index in [0.717, 1.165) is 25.9 Å². The summed E-state index contributed by atoms with van der Waals surface area (Å²) in [5.41, 5.74) is 2.61. The zero-order valence-corrected chi connectivity index (χ0v) is 16.2. The highest BCUT2D eigenvalue weighted by Gasteiger charge is 2.35. The molecule has 1 aliphatic heterocycles. The van der Waals surface area contributed by atoms with Crippen LogP contribution >= 0.6 is 31.9 Å². The molecule has 0 aromatic heterocycles. The Morgan fingerprint density at radius 1 is 1.17 bits per heavy atom. The fourth-order valence-electron chi connectivity index (χ4n) is 2.72. The summed E-state index contributed by atoms with van der Waals surface area (Å²) in [5, 5.41) is 2.91. The zero-order chi connectivity index (χ0) is 17.3. The first kappa shape index (κ1) is 17.2. The molecular weight excluding hydrogens is 436 g/mol. The predicted octanol–water partition coefficient (Wildman–Crippen LogP) is 4.51. The van der Waals surface area contributed by atoms with Gasteiger partial charge in [0.05, 0.1) is 5.92 Å². The van der Waals surface area contributed by atoms with Crippen LogP contribution in [0.2, 0.25) is 0 Å². The van der Waals surface area contributed by atoms with Gasteiger partial charge < -0.3 is 10.2 Å². The van der Waals surface area contributed by atoms with Crippen LogP contribution in [0.25, 0.3) is 0 Å². The first-order valence-corrected chi connectivity index (χ1v) is 9.15. The maximum atomic E-state index is 12.5. The van der Waals surface area contributed by atoms with Gasteiger partial charge in [0.1, 0.15) is 0 Å². The SMILES string of the molecule is Cc1cc(NC(=O)[C@H]2CC(=O)N(c3ccc(Br)cc3)C2)ccc1Br. The molecule has 2 aromatic carbocycles. The lowest BCUT2D eigenvalue weighted by Gasteiger charge is -2.17. The monoisotopic (exact) mass is 450 g/mol. The number of benzene rings is 2. The Hall–Kier alpha value is -1.66. The Balaban J connectivity index is 1.69. The lowest BCUT2D eigenvalue weighted by molar-refractivity contribution is -0.122. The zero-order valence-electron chi connectivity index (χ0n) is 13.1. The molecule has 0 unspecified atom stereocenters. The molecule has 1 atom stereocenters. The molecule has 2 amide bonds. The third-order valence-electron chi connectivity index (χ3n) is 4.06. The summed E-state index contributed by atoms with van der Waals surface area (Å²) in [6.07, 6.45) is 0.234. The van der Waals surface area contributed by atoms with E-state index in [1.54, 1.807) is 4.90 Å². The van der Waals surface area contributed by atoms with Crippen molar-refractivity contribution in [3.05, 3.63) is 57.0 Å². The van der Waals surface area contributed by atoms with Gasteiger partial charge in [-0.1, -0.05) is 31.9 Å². The molecule has 124 valence electrons. The molecule has 1 fully saturated rings. The number of carbonyl (C=O) groups is 2. The number of aryl methyl sites for hydroxylation is 1. The van der Waals surface area contributed by atoms with Crippen molar-refractivity contribution in [3.8, 4) is 0 Å². The average molecular weight is 452 g/mol. The van der Waals surface area contributed by atoms with Crippen LogP contribution in [0.5, 0.6) is 0 Å². The molecule has 3 rings (SSSR count). The van der Waals surface area contributed by atoms with E-state index >= 15 is 0 Å². The summed E-state index contributed by atoms with van der Waals surface area (Å²) < 4.78 is 1.95. The van der Waals surface area contributed by atoms with Gasteiger partial charge in [0.25, 0.3) is 0 Å². The molecule has 0 bridgehead atoms. The van der Waals surface area contributed by atoms with E-state index < -0.39 is 0 Å². The van der Waals surface area contributed by atoms with E-state index in [-0.39, 0.29) is 24.2 Å². The van der Waals surface area contributed by atoms with Crippen LogP contribution in [0.15, 0.2) is 51.4 Å². The molecule has 1 saturated heterocycles. The minimum absolute atomic E-state index is 0.0236. The Labute approximate surface area is 157 Å². The highest BCUT2D eigenvalue weighted by atomic mass is 79.9. The van der Waals surface area contributed by atoms with Gasteiger partial charge >= 0.3 is 0 Å². The van der Waals surface area contributed by atoms with Gasteiger partial charge in [-0.05, 0) is 55.0 Å². The Bertz CT molecular complexity index is 790. The minimum atomic E-state index is -0.343. The number of halogens is 2. The maximum Gasteiger partial charge on any atom is 0.229 e. The molecule has 1 aliphatic rings. The van der Waals surface area contributed by atoms with Crippen LogP contribution in [-0.4, -0.2) is 18.4 Å². The predicted molar refractivity (Wildman–Crippen MR) is 102 cm³/mol. The van der Waals surface area contributed by atoms with Gasteiger partial charge in [-0.15, -0.1) is 0 Å². The molecule has 0 radical (unpaired) electrons. The summed E-state index contributed by atoms with van der Waals surface area (Å²) in [4.78, 5) is 26.4. The van der Waals surface area contributed by atoms with E-state index in [2.05, 4.69) is 37.2 Å². The number of hydrogen-bond acceptors (Lipinski definition) is 2. The fourth-order valence-corrected chi connectivity index (χ4v) is 3.23. The van der Waals surface area contributed by atoms with Gasteiger partial charge in [0.15, 0.2) is 0 Å². The average Bonchev–Trinajstić information content (AvgIpc) is 2.94. The van der Waals surface area contributed by atoms with Crippen molar-refractivity contribution < 1.29 is 9.59 Å². The third-order valence-corrected chi connectivity index (χ3v) is 5.48. The summed E-state index contributed by atoms with van der Waals surface area (Å²) in [6.45, 7) is 2.37. The fraction of sp³-hybridized carbons (Fsp3) is 0.222. The van der Waals surface area contributed by atoms with E-state index in [9.17, 15) is 9.59 Å².